The van der Waals surface area contributed by atoms with Crippen LogP contribution in [0.3, 0.4) is 0 Å². The number of carbonyl (C=O) groups excluding carboxylic acids is 2. The van der Waals surface area contributed by atoms with Gasteiger partial charge in [-0.3, -0.25) is 0 Å². The Bertz CT molecular complexity index is 233. The first-order valence-electron chi connectivity index (χ1n) is 3.90. The molecule has 0 aromatic carbocycles. The Labute approximate surface area is 75.3 Å². The average molecular weight is 186 g/mol. The molecule has 1 aliphatic heterocycles. The third-order valence-corrected chi connectivity index (χ3v) is 1.35. The first kappa shape index (κ1) is 9.57. The van der Waals surface area contributed by atoms with Crippen molar-refractivity contribution in [3.05, 3.63) is 12.2 Å². The second kappa shape index (κ2) is 4.49. The molecule has 0 unspecified atom stereocenters. The van der Waals surface area contributed by atoms with Crippen LogP contribution in [-0.4, -0.2) is 31.4 Å². The molecule has 13 heavy (non-hydrogen) atoms. The van der Waals surface area contributed by atoms with Crippen molar-refractivity contribution >= 4 is 12.1 Å². The van der Waals surface area contributed by atoms with Crippen LogP contribution in [0, 0.1) is 0 Å². The normalized spacial score (nSPS) is 21.3. The summed E-state index contributed by atoms with van der Waals surface area (Å²) in [5, 5.41) is 0. The summed E-state index contributed by atoms with van der Waals surface area (Å²) in [6.07, 6.45) is 1.47. The van der Waals surface area contributed by atoms with Crippen molar-refractivity contribution in [2.45, 2.75) is 13.0 Å². The van der Waals surface area contributed by atoms with Crippen LogP contribution in [-0.2, 0) is 19.0 Å². The molecule has 1 saturated heterocycles. The van der Waals surface area contributed by atoms with Gasteiger partial charge >= 0.3 is 12.1 Å². The first-order chi connectivity index (χ1) is 6.22. The molecule has 0 aromatic rings. The largest absolute Gasteiger partial charge is 0.509 e. The molecule has 1 aliphatic rings. The lowest BCUT2D eigenvalue weighted by Gasteiger charge is -1.97. The van der Waals surface area contributed by atoms with E-state index in [2.05, 4.69) is 14.2 Å². The Morgan fingerprint density at radius 3 is 3.08 bits per heavy atom. The van der Waals surface area contributed by atoms with E-state index in [4.69, 9.17) is 0 Å². The van der Waals surface area contributed by atoms with Crippen LogP contribution in [0.4, 0.5) is 4.79 Å². The van der Waals surface area contributed by atoms with Crippen molar-refractivity contribution < 1.29 is 23.8 Å². The summed E-state index contributed by atoms with van der Waals surface area (Å²) in [6, 6.07) is 0. The summed E-state index contributed by atoms with van der Waals surface area (Å²) in [6.45, 7) is 2.18. The van der Waals surface area contributed by atoms with E-state index in [0.29, 0.717) is 6.61 Å². The lowest BCUT2D eigenvalue weighted by atomic mass is 10.3. The van der Waals surface area contributed by atoms with Gasteiger partial charge in [0.1, 0.15) is 6.61 Å². The number of hydrogen-bond acceptors (Lipinski definition) is 5. The van der Waals surface area contributed by atoms with Crippen LogP contribution in [0.2, 0.25) is 0 Å². The number of esters is 1. The van der Waals surface area contributed by atoms with Gasteiger partial charge in [-0.15, -0.1) is 0 Å². The van der Waals surface area contributed by atoms with E-state index in [1.54, 1.807) is 6.92 Å². The van der Waals surface area contributed by atoms with Gasteiger partial charge < -0.3 is 14.2 Å². The van der Waals surface area contributed by atoms with E-state index in [1.165, 1.54) is 12.2 Å². The summed E-state index contributed by atoms with van der Waals surface area (Å²) < 4.78 is 13.7. The molecule has 5 nitrogen and oxygen atoms in total. The summed E-state index contributed by atoms with van der Waals surface area (Å²) in [5.41, 5.74) is 0. The lowest BCUT2D eigenvalue weighted by molar-refractivity contribution is -0.137. The second-order valence-electron chi connectivity index (χ2n) is 2.33. The molecular weight excluding hydrogens is 176 g/mol. The van der Waals surface area contributed by atoms with E-state index in [0.717, 1.165) is 0 Å². The lowest BCUT2D eigenvalue weighted by Crippen LogP contribution is -2.07. The molecule has 0 radical (unpaired) electrons. The maximum Gasteiger partial charge on any atom is 0.509 e. The first-order valence-corrected chi connectivity index (χ1v) is 3.90. The Hall–Kier alpha value is -1.52. The number of rotatable bonds is 3. The highest BCUT2D eigenvalue weighted by molar-refractivity contribution is 5.82. The van der Waals surface area contributed by atoms with Crippen molar-refractivity contribution in [1.82, 2.24) is 0 Å². The van der Waals surface area contributed by atoms with E-state index in [-0.39, 0.29) is 6.61 Å². The predicted octanol–water partition coefficient (Wildman–Crippen LogP) is 0.641. The summed E-state index contributed by atoms with van der Waals surface area (Å²) in [5.74, 6) is -0.453. The molecule has 1 heterocycles. The van der Waals surface area contributed by atoms with Gasteiger partial charge in [-0.1, -0.05) is 0 Å². The maximum absolute atomic E-state index is 10.8. The smallest absolute Gasteiger partial charge is 0.463 e. The Kier molecular flexibility index (Phi) is 3.31. The highest BCUT2D eigenvalue weighted by Crippen LogP contribution is 2.06. The summed E-state index contributed by atoms with van der Waals surface area (Å²) in [4.78, 5) is 21.2. The zero-order valence-electron chi connectivity index (χ0n) is 7.19. The molecule has 0 bridgehead atoms. The third kappa shape index (κ3) is 3.14. The Morgan fingerprint density at radius 2 is 2.54 bits per heavy atom. The molecule has 5 heteroatoms. The monoisotopic (exact) mass is 186 g/mol. The second-order valence-corrected chi connectivity index (χ2v) is 2.33. The molecule has 1 fully saturated rings. The van der Waals surface area contributed by atoms with Crippen LogP contribution in [0.25, 0.3) is 0 Å². The van der Waals surface area contributed by atoms with Crippen LogP contribution >= 0.6 is 0 Å². The van der Waals surface area contributed by atoms with Crippen LogP contribution in [0.1, 0.15) is 6.92 Å². The van der Waals surface area contributed by atoms with Crippen molar-refractivity contribution in [3.8, 4) is 0 Å². The van der Waals surface area contributed by atoms with Gasteiger partial charge in [0.05, 0.1) is 6.61 Å². The van der Waals surface area contributed by atoms with Crippen LogP contribution < -0.4 is 0 Å². The fourth-order valence-electron chi connectivity index (χ4n) is 0.813. The molecule has 1 rings (SSSR count). The molecule has 72 valence electrons. The zero-order chi connectivity index (χ0) is 9.68. The molecule has 0 amide bonds. The summed E-state index contributed by atoms with van der Waals surface area (Å²) >= 11 is 0. The van der Waals surface area contributed by atoms with Gasteiger partial charge in [0, 0.05) is 6.08 Å². The Balaban J connectivity index is 2.31. The molecule has 0 aliphatic carbocycles. The Morgan fingerprint density at radius 1 is 1.77 bits per heavy atom. The number of carbonyl (C=O) groups is 2. The van der Waals surface area contributed by atoms with Crippen molar-refractivity contribution in [3.63, 3.8) is 0 Å². The van der Waals surface area contributed by atoms with Crippen molar-refractivity contribution in [1.29, 1.82) is 0 Å². The molecule has 0 aromatic heterocycles. The number of cyclic esters (lactones) is 2. The maximum atomic E-state index is 10.8. The quantitative estimate of drug-likeness (QED) is 0.478. The van der Waals surface area contributed by atoms with E-state index < -0.39 is 18.2 Å². The highest BCUT2D eigenvalue weighted by atomic mass is 16.8. The molecule has 0 saturated carbocycles. The minimum absolute atomic E-state index is 0.148. The van der Waals surface area contributed by atoms with E-state index in [9.17, 15) is 9.59 Å². The van der Waals surface area contributed by atoms with Gasteiger partial charge in [-0.05, 0) is 13.0 Å². The summed E-state index contributed by atoms with van der Waals surface area (Å²) in [7, 11) is 0. The minimum atomic E-state index is -0.710. The highest BCUT2D eigenvalue weighted by Gasteiger charge is 2.22. The number of ether oxygens (including phenoxy) is 3. The van der Waals surface area contributed by atoms with E-state index in [1.807, 2.05) is 0 Å². The van der Waals surface area contributed by atoms with Crippen molar-refractivity contribution in [2.75, 3.05) is 13.2 Å². The standard InChI is InChI=1S/C8H10O5/c1-2-11-7(9)4-3-6-5-12-8(10)13-6/h3-4,6H,2,5H2,1H3/b4-3+/t6-/m0/s1. The van der Waals surface area contributed by atoms with Crippen LogP contribution in [0.15, 0.2) is 12.2 Å². The fraction of sp³-hybridized carbons (Fsp3) is 0.500. The zero-order valence-corrected chi connectivity index (χ0v) is 7.19. The fourth-order valence-corrected chi connectivity index (χ4v) is 0.813. The van der Waals surface area contributed by atoms with E-state index >= 15 is 0 Å². The average Bonchev–Trinajstić information content (AvgIpc) is 2.49. The van der Waals surface area contributed by atoms with Crippen molar-refractivity contribution in [2.24, 2.45) is 0 Å². The third-order valence-electron chi connectivity index (χ3n) is 1.35. The SMILES string of the molecule is CCOC(=O)/C=C/[C@H]1COC(=O)O1. The van der Waals surface area contributed by atoms with Gasteiger partial charge in [-0.2, -0.15) is 0 Å². The van der Waals surface area contributed by atoms with Gasteiger partial charge in [0.2, 0.25) is 0 Å². The van der Waals surface area contributed by atoms with Crippen LogP contribution in [0.5, 0.6) is 0 Å². The van der Waals surface area contributed by atoms with Gasteiger partial charge in [0.25, 0.3) is 0 Å². The molecule has 0 N–H and O–H groups in total. The van der Waals surface area contributed by atoms with Gasteiger partial charge in [-0.25, -0.2) is 9.59 Å². The molecule has 0 spiro atoms. The van der Waals surface area contributed by atoms with Gasteiger partial charge in [0.15, 0.2) is 6.10 Å². The minimum Gasteiger partial charge on any atom is -0.463 e. The predicted molar refractivity (Wildman–Crippen MR) is 42.0 cm³/mol. The number of hydrogen-bond donors (Lipinski definition) is 0. The molecule has 1 atom stereocenters. The molecular formula is C8H10O5. The topological polar surface area (TPSA) is 61.8 Å².